The van der Waals surface area contributed by atoms with Gasteiger partial charge in [-0.15, -0.1) is 0 Å². The number of anilines is 1. The second kappa shape index (κ2) is 4.93. The van der Waals surface area contributed by atoms with Gasteiger partial charge in [-0.25, -0.2) is 0 Å². The quantitative estimate of drug-likeness (QED) is 0.777. The molecule has 0 saturated carbocycles. The molecule has 0 fully saturated rings. The van der Waals surface area contributed by atoms with Crippen molar-refractivity contribution < 1.29 is 0 Å². The first-order valence-corrected chi connectivity index (χ1v) is 4.75. The van der Waals surface area contributed by atoms with E-state index in [1.54, 1.807) is 0 Å². The Morgan fingerprint density at radius 3 is 2.54 bits per heavy atom. The molecule has 0 aliphatic carbocycles. The Bertz CT molecular complexity index is 279. The van der Waals surface area contributed by atoms with Crippen LogP contribution >= 0.6 is 11.6 Å². The van der Waals surface area contributed by atoms with Crippen LogP contribution in [0.4, 0.5) is 5.69 Å². The van der Waals surface area contributed by atoms with Gasteiger partial charge >= 0.3 is 0 Å². The number of halogens is 1. The average Bonchev–Trinajstić information content (AvgIpc) is 2.18. The molecular formula is C11H14ClN. The summed E-state index contributed by atoms with van der Waals surface area (Å²) in [7, 11) is 0. The molecule has 0 saturated heterocycles. The van der Waals surface area contributed by atoms with Gasteiger partial charge in [-0.1, -0.05) is 35.9 Å². The van der Waals surface area contributed by atoms with Gasteiger partial charge in [0.2, 0.25) is 0 Å². The van der Waals surface area contributed by atoms with Crippen LogP contribution in [0, 0.1) is 0 Å². The lowest BCUT2D eigenvalue weighted by Gasteiger charge is -2.13. The van der Waals surface area contributed by atoms with E-state index in [1.807, 2.05) is 50.3 Å². The summed E-state index contributed by atoms with van der Waals surface area (Å²) in [6, 6.07) is 10.2. The molecule has 1 nitrogen and oxygen atoms in total. The summed E-state index contributed by atoms with van der Waals surface area (Å²) in [5, 5.41) is 4.13. The van der Waals surface area contributed by atoms with E-state index in [-0.39, 0.29) is 6.04 Å². The molecule has 1 rings (SSSR count). The van der Waals surface area contributed by atoms with E-state index >= 15 is 0 Å². The van der Waals surface area contributed by atoms with Crippen molar-refractivity contribution in [3.05, 3.63) is 41.4 Å². The van der Waals surface area contributed by atoms with Gasteiger partial charge in [-0.3, -0.25) is 0 Å². The maximum Gasteiger partial charge on any atom is 0.0588 e. The minimum Gasteiger partial charge on any atom is -0.378 e. The predicted molar refractivity (Wildman–Crippen MR) is 59.1 cm³/mol. The molecule has 0 spiro atoms. The molecule has 0 heterocycles. The van der Waals surface area contributed by atoms with E-state index in [4.69, 9.17) is 11.6 Å². The molecule has 2 heteroatoms. The number of hydrogen-bond acceptors (Lipinski definition) is 1. The van der Waals surface area contributed by atoms with Crippen molar-refractivity contribution in [1.29, 1.82) is 0 Å². The van der Waals surface area contributed by atoms with E-state index in [0.717, 1.165) is 10.7 Å². The Kier molecular flexibility index (Phi) is 3.84. The molecule has 0 radical (unpaired) electrons. The minimum absolute atomic E-state index is 0.175. The molecule has 1 aromatic rings. The van der Waals surface area contributed by atoms with Crippen LogP contribution in [0.5, 0.6) is 0 Å². The summed E-state index contributed by atoms with van der Waals surface area (Å²) in [5.74, 6) is 0. The third-order valence-corrected chi connectivity index (χ3v) is 2.39. The summed E-state index contributed by atoms with van der Waals surface area (Å²) in [4.78, 5) is 0. The first-order chi connectivity index (χ1) is 6.24. The molecule has 1 aromatic carbocycles. The minimum atomic E-state index is 0.175. The highest BCUT2D eigenvalue weighted by atomic mass is 35.5. The molecule has 0 aliphatic rings. The number of allylic oxidation sites excluding steroid dienone is 1. The summed E-state index contributed by atoms with van der Waals surface area (Å²) in [5.41, 5.74) is 1.09. The zero-order valence-corrected chi connectivity index (χ0v) is 8.68. The molecule has 0 amide bonds. The molecule has 0 bridgehead atoms. The lowest BCUT2D eigenvalue weighted by molar-refractivity contribution is 0.975. The number of rotatable bonds is 3. The standard InChI is InChI=1S/C11H14ClN/c1-3-11(12)9(2)13-10-7-5-4-6-8-10/h3-9,13H,1-2H3/b11-3-. The van der Waals surface area contributed by atoms with Gasteiger partial charge in [0.1, 0.15) is 0 Å². The average molecular weight is 196 g/mol. The summed E-state index contributed by atoms with van der Waals surface area (Å²) >= 11 is 5.96. The lowest BCUT2D eigenvalue weighted by Crippen LogP contribution is -2.14. The number of para-hydroxylation sites is 1. The van der Waals surface area contributed by atoms with Gasteiger partial charge in [-0.2, -0.15) is 0 Å². The van der Waals surface area contributed by atoms with E-state index in [1.165, 1.54) is 0 Å². The third kappa shape index (κ3) is 3.11. The molecule has 0 aliphatic heterocycles. The highest BCUT2D eigenvalue weighted by Crippen LogP contribution is 2.14. The predicted octanol–water partition coefficient (Wildman–Crippen LogP) is 3.63. The van der Waals surface area contributed by atoms with Gasteiger partial charge in [0, 0.05) is 10.7 Å². The lowest BCUT2D eigenvalue weighted by atomic mass is 10.2. The van der Waals surface area contributed by atoms with Crippen molar-refractivity contribution in [2.24, 2.45) is 0 Å². The normalized spacial score (nSPS) is 13.9. The first-order valence-electron chi connectivity index (χ1n) is 4.37. The SMILES string of the molecule is C/C=C(\Cl)C(C)Nc1ccccc1. The number of hydrogen-bond donors (Lipinski definition) is 1. The highest BCUT2D eigenvalue weighted by molar-refractivity contribution is 6.30. The molecule has 1 unspecified atom stereocenters. The summed E-state index contributed by atoms with van der Waals surface area (Å²) in [6.45, 7) is 3.97. The van der Waals surface area contributed by atoms with Crippen molar-refractivity contribution in [1.82, 2.24) is 0 Å². The van der Waals surface area contributed by atoms with Crippen molar-refractivity contribution in [3.8, 4) is 0 Å². The van der Waals surface area contributed by atoms with Crippen LogP contribution in [0.15, 0.2) is 41.4 Å². The van der Waals surface area contributed by atoms with E-state index in [2.05, 4.69) is 5.32 Å². The second-order valence-corrected chi connectivity index (χ2v) is 3.34. The highest BCUT2D eigenvalue weighted by Gasteiger charge is 2.03. The topological polar surface area (TPSA) is 12.0 Å². The maximum absolute atomic E-state index is 5.96. The fourth-order valence-electron chi connectivity index (χ4n) is 1.10. The van der Waals surface area contributed by atoms with Crippen molar-refractivity contribution >= 4 is 17.3 Å². The van der Waals surface area contributed by atoms with Crippen LogP contribution in [0.2, 0.25) is 0 Å². The smallest absolute Gasteiger partial charge is 0.0588 e. The Balaban J connectivity index is 2.60. The molecule has 70 valence electrons. The van der Waals surface area contributed by atoms with E-state index < -0.39 is 0 Å². The Morgan fingerprint density at radius 1 is 1.38 bits per heavy atom. The van der Waals surface area contributed by atoms with Crippen LogP contribution in [0.3, 0.4) is 0 Å². The second-order valence-electron chi connectivity index (χ2n) is 2.91. The van der Waals surface area contributed by atoms with Crippen molar-refractivity contribution in [2.75, 3.05) is 5.32 Å². The van der Waals surface area contributed by atoms with Crippen LogP contribution in [0.25, 0.3) is 0 Å². The van der Waals surface area contributed by atoms with Crippen molar-refractivity contribution in [3.63, 3.8) is 0 Å². The molecule has 0 aromatic heterocycles. The Morgan fingerprint density at radius 2 is 2.00 bits per heavy atom. The molecule has 1 N–H and O–H groups in total. The van der Waals surface area contributed by atoms with Crippen LogP contribution < -0.4 is 5.32 Å². The molecule has 1 atom stereocenters. The van der Waals surface area contributed by atoms with Crippen LogP contribution in [-0.2, 0) is 0 Å². The summed E-state index contributed by atoms with van der Waals surface area (Å²) < 4.78 is 0. The van der Waals surface area contributed by atoms with Crippen LogP contribution in [-0.4, -0.2) is 6.04 Å². The Hall–Kier alpha value is -0.950. The number of benzene rings is 1. The fourth-order valence-corrected chi connectivity index (χ4v) is 1.16. The van der Waals surface area contributed by atoms with E-state index in [9.17, 15) is 0 Å². The van der Waals surface area contributed by atoms with E-state index in [0.29, 0.717) is 0 Å². The van der Waals surface area contributed by atoms with Gasteiger partial charge in [-0.05, 0) is 26.0 Å². The van der Waals surface area contributed by atoms with Gasteiger partial charge < -0.3 is 5.32 Å². The Labute approximate surface area is 84.4 Å². The zero-order chi connectivity index (χ0) is 9.68. The van der Waals surface area contributed by atoms with Crippen LogP contribution in [0.1, 0.15) is 13.8 Å². The zero-order valence-electron chi connectivity index (χ0n) is 7.92. The largest absolute Gasteiger partial charge is 0.378 e. The molecule has 13 heavy (non-hydrogen) atoms. The number of nitrogens with one attached hydrogen (secondary N) is 1. The monoisotopic (exact) mass is 195 g/mol. The first kappa shape index (κ1) is 10.1. The van der Waals surface area contributed by atoms with Crippen molar-refractivity contribution in [2.45, 2.75) is 19.9 Å². The third-order valence-electron chi connectivity index (χ3n) is 1.85. The maximum atomic E-state index is 5.96. The van der Waals surface area contributed by atoms with Gasteiger partial charge in [0.25, 0.3) is 0 Å². The van der Waals surface area contributed by atoms with Gasteiger partial charge in [0.15, 0.2) is 0 Å². The fraction of sp³-hybridized carbons (Fsp3) is 0.273. The molecular weight excluding hydrogens is 182 g/mol. The summed E-state index contributed by atoms with van der Waals surface area (Å²) in [6.07, 6.45) is 1.90. The van der Waals surface area contributed by atoms with Gasteiger partial charge in [0.05, 0.1) is 6.04 Å².